The molecule has 4 atom stereocenters. The molecule has 0 N–H and O–H groups in total. The molecule has 0 amide bonds. The maximum absolute atomic E-state index is 13.6. The number of hydrogen-bond donors (Lipinski definition) is 0. The van der Waals surface area contributed by atoms with Crippen LogP contribution in [0.5, 0.6) is 0 Å². The van der Waals surface area contributed by atoms with Gasteiger partial charge in [-0.15, -0.1) is 0 Å². The number of hydrogen-bond acceptors (Lipinski definition) is 10. The van der Waals surface area contributed by atoms with Gasteiger partial charge in [0.15, 0.2) is 22.8 Å². The second-order valence-corrected chi connectivity index (χ2v) is 12.0. The molecular formula is C26H42O10. The Balaban J connectivity index is 2.45. The van der Waals surface area contributed by atoms with Gasteiger partial charge in [0, 0.05) is 0 Å². The summed E-state index contributed by atoms with van der Waals surface area (Å²) in [6.45, 7) is 16.6. The lowest BCUT2D eigenvalue weighted by molar-refractivity contribution is -0.451. The minimum atomic E-state index is -1.73. The topological polar surface area (TPSA) is 124 Å². The summed E-state index contributed by atoms with van der Waals surface area (Å²) in [6, 6.07) is 0. The molecule has 36 heavy (non-hydrogen) atoms. The molecule has 0 aromatic rings. The van der Waals surface area contributed by atoms with Gasteiger partial charge in [0.1, 0.15) is 35.2 Å². The molecule has 0 aliphatic carbocycles. The second-order valence-electron chi connectivity index (χ2n) is 12.0. The summed E-state index contributed by atoms with van der Waals surface area (Å²) < 4.78 is 11.4. The van der Waals surface area contributed by atoms with Crippen molar-refractivity contribution < 1.29 is 48.2 Å². The van der Waals surface area contributed by atoms with Crippen molar-refractivity contribution in [1.29, 1.82) is 0 Å². The molecule has 0 radical (unpaired) electrons. The second kappa shape index (κ2) is 10.1. The summed E-state index contributed by atoms with van der Waals surface area (Å²) >= 11 is 0. The molecule has 0 aromatic heterocycles. The van der Waals surface area contributed by atoms with E-state index in [-0.39, 0.29) is 26.1 Å². The molecule has 4 unspecified atom stereocenters. The van der Waals surface area contributed by atoms with Crippen LogP contribution in [0.15, 0.2) is 0 Å². The Bertz CT molecular complexity index is 811. The fourth-order valence-electron chi connectivity index (χ4n) is 3.83. The molecule has 2 aliphatic rings. The van der Waals surface area contributed by atoms with Crippen LogP contribution >= 0.6 is 0 Å². The monoisotopic (exact) mass is 514 g/mol. The van der Waals surface area contributed by atoms with Crippen molar-refractivity contribution in [2.24, 2.45) is 10.8 Å². The van der Waals surface area contributed by atoms with Crippen molar-refractivity contribution in [2.45, 2.75) is 117 Å². The first kappa shape index (κ1) is 30.3. The van der Waals surface area contributed by atoms with Crippen LogP contribution in [0.25, 0.3) is 0 Å². The molecule has 2 aliphatic heterocycles. The fourth-order valence-corrected chi connectivity index (χ4v) is 3.83. The summed E-state index contributed by atoms with van der Waals surface area (Å²) in [5.41, 5.74) is -7.83. The Morgan fingerprint density at radius 1 is 0.667 bits per heavy atom. The van der Waals surface area contributed by atoms with Gasteiger partial charge in [-0.3, -0.25) is 19.2 Å². The van der Waals surface area contributed by atoms with Crippen molar-refractivity contribution in [3.05, 3.63) is 0 Å². The van der Waals surface area contributed by atoms with Crippen molar-refractivity contribution in [1.82, 2.24) is 0 Å². The number of esters is 2. The first-order chi connectivity index (χ1) is 16.3. The number of carbonyl (C=O) groups is 4. The number of ether oxygens (including phenoxy) is 2. The Morgan fingerprint density at radius 2 is 0.944 bits per heavy atom. The van der Waals surface area contributed by atoms with Gasteiger partial charge in [-0.2, -0.15) is 0 Å². The Morgan fingerprint density at radius 3 is 1.14 bits per heavy atom. The zero-order chi connectivity index (χ0) is 27.8. The van der Waals surface area contributed by atoms with Gasteiger partial charge in [0.25, 0.3) is 0 Å². The third kappa shape index (κ3) is 5.82. The highest BCUT2D eigenvalue weighted by atomic mass is 17.3. The fraction of sp³-hybridized carbons (Fsp3) is 0.846. The molecule has 0 spiro atoms. The van der Waals surface area contributed by atoms with E-state index in [2.05, 4.69) is 0 Å². The summed E-state index contributed by atoms with van der Waals surface area (Å²) in [5.74, 6) is -2.63. The van der Waals surface area contributed by atoms with E-state index in [1.807, 2.05) is 13.8 Å². The highest BCUT2D eigenvalue weighted by molar-refractivity contribution is 6.09. The average Bonchev–Trinajstić information content (AvgIpc) is 2.77. The van der Waals surface area contributed by atoms with Crippen molar-refractivity contribution in [3.8, 4) is 0 Å². The summed E-state index contributed by atoms with van der Waals surface area (Å²) in [7, 11) is 0. The van der Waals surface area contributed by atoms with Crippen molar-refractivity contribution in [3.63, 3.8) is 0 Å². The van der Waals surface area contributed by atoms with Crippen molar-refractivity contribution in [2.75, 3.05) is 13.2 Å². The van der Waals surface area contributed by atoms with Gasteiger partial charge in [-0.05, 0) is 81.1 Å². The number of carbonyl (C=O) groups excluding carboxylic acids is 4. The third-order valence-corrected chi connectivity index (χ3v) is 7.58. The lowest BCUT2D eigenvalue weighted by Gasteiger charge is -2.43. The molecule has 2 heterocycles. The van der Waals surface area contributed by atoms with Crippen LogP contribution in [-0.2, 0) is 48.2 Å². The largest absolute Gasteiger partial charge is 0.459 e. The maximum atomic E-state index is 13.6. The summed E-state index contributed by atoms with van der Waals surface area (Å²) in [4.78, 5) is 73.9. The molecule has 10 heteroatoms. The first-order valence-electron chi connectivity index (χ1n) is 12.5. The summed E-state index contributed by atoms with van der Waals surface area (Å²) in [6.07, 6.45) is 0.683. The highest BCUT2D eigenvalue weighted by Crippen LogP contribution is 2.44. The normalized spacial score (nSPS) is 27.5. The van der Waals surface area contributed by atoms with Crippen LogP contribution in [0, 0.1) is 10.8 Å². The van der Waals surface area contributed by atoms with E-state index in [0.29, 0.717) is 12.8 Å². The number of ketones is 2. The van der Waals surface area contributed by atoms with Gasteiger partial charge in [-0.25, -0.2) is 19.6 Å². The third-order valence-electron chi connectivity index (χ3n) is 7.58. The molecule has 0 saturated carbocycles. The van der Waals surface area contributed by atoms with E-state index >= 15 is 0 Å². The molecule has 206 valence electrons. The molecule has 2 fully saturated rings. The summed E-state index contributed by atoms with van der Waals surface area (Å²) in [5, 5.41) is 0. The van der Waals surface area contributed by atoms with Crippen LogP contribution in [-0.4, -0.2) is 59.1 Å². The predicted molar refractivity (Wildman–Crippen MR) is 127 cm³/mol. The quantitative estimate of drug-likeness (QED) is 0.203. The average molecular weight is 515 g/mol. The Kier molecular flexibility index (Phi) is 8.53. The van der Waals surface area contributed by atoms with E-state index in [1.54, 1.807) is 27.7 Å². The van der Waals surface area contributed by atoms with E-state index in [4.69, 9.17) is 29.0 Å². The Labute approximate surface area is 213 Å². The van der Waals surface area contributed by atoms with Gasteiger partial charge in [0.2, 0.25) is 0 Å². The van der Waals surface area contributed by atoms with Gasteiger partial charge in [-0.1, -0.05) is 13.8 Å². The van der Waals surface area contributed by atoms with Crippen LogP contribution in [0.1, 0.15) is 94.9 Å². The zero-order valence-corrected chi connectivity index (χ0v) is 23.3. The lowest BCUT2D eigenvalue weighted by atomic mass is 9.67. The molecule has 0 bridgehead atoms. The van der Waals surface area contributed by atoms with Gasteiger partial charge < -0.3 is 9.47 Å². The Hall–Kier alpha value is -1.88. The number of Topliss-reactive ketones (excluding diaryl/α,β-unsaturated/α-hetero) is 2. The molecule has 0 aromatic carbocycles. The maximum Gasteiger partial charge on any atom is 0.319 e. The van der Waals surface area contributed by atoms with Crippen LogP contribution in [0.3, 0.4) is 0 Å². The number of rotatable bonds is 13. The van der Waals surface area contributed by atoms with Crippen LogP contribution in [0.4, 0.5) is 0 Å². The van der Waals surface area contributed by atoms with E-state index in [9.17, 15) is 19.2 Å². The SMILES string of the molecule is CCC(C)(C)OC(=O)C(C)(CCC(C)(C(=O)OC(C)(C)CC)C(=O)C1(C)COO1)C(=O)C1(C)COO1. The first-order valence-corrected chi connectivity index (χ1v) is 12.5. The standard InChI is InChI=1S/C26H42O10/c1-11-21(3,4)33-19(29)23(7,17(27)25(9)15-31-35-25)13-14-24(8,18(28)26(10)16-32-36-26)20(30)34-22(5,6)12-2/h11-16H2,1-10H3. The lowest BCUT2D eigenvalue weighted by Crippen LogP contribution is -2.61. The van der Waals surface area contributed by atoms with Crippen LogP contribution in [0.2, 0.25) is 0 Å². The van der Waals surface area contributed by atoms with Gasteiger partial charge in [0.05, 0.1) is 0 Å². The molecular weight excluding hydrogens is 472 g/mol. The molecule has 2 rings (SSSR count). The van der Waals surface area contributed by atoms with E-state index in [0.717, 1.165) is 0 Å². The van der Waals surface area contributed by atoms with Gasteiger partial charge >= 0.3 is 11.9 Å². The predicted octanol–water partition coefficient (Wildman–Crippen LogP) is 3.82. The highest BCUT2D eigenvalue weighted by Gasteiger charge is 2.60. The minimum Gasteiger partial charge on any atom is -0.459 e. The minimum absolute atomic E-state index is 0.0297. The van der Waals surface area contributed by atoms with Crippen LogP contribution < -0.4 is 0 Å². The molecule has 10 nitrogen and oxygen atoms in total. The van der Waals surface area contributed by atoms with E-state index in [1.165, 1.54) is 27.7 Å². The van der Waals surface area contributed by atoms with Crippen molar-refractivity contribution >= 4 is 23.5 Å². The smallest absolute Gasteiger partial charge is 0.319 e. The zero-order valence-electron chi connectivity index (χ0n) is 23.3. The molecule has 2 saturated heterocycles. The van der Waals surface area contributed by atoms with E-state index < -0.39 is 56.7 Å².